The van der Waals surface area contributed by atoms with Gasteiger partial charge in [0.2, 0.25) is 5.91 Å². The van der Waals surface area contributed by atoms with Gasteiger partial charge >= 0.3 is 0 Å². The Balaban J connectivity index is 3.60. The van der Waals surface area contributed by atoms with Crippen LogP contribution in [0.1, 0.15) is 168 Å². The maximum Gasteiger partial charge on any atom is 0.220 e. The number of aliphatic hydroxyl groups excluding tert-OH is 2. The van der Waals surface area contributed by atoms with Gasteiger partial charge in [0.15, 0.2) is 0 Å². The van der Waals surface area contributed by atoms with Crippen LogP contribution in [0, 0.1) is 0 Å². The quantitative estimate of drug-likeness (QED) is 0.0522. The second-order valence-corrected chi connectivity index (χ2v) is 12.2. The highest BCUT2D eigenvalue weighted by Crippen LogP contribution is 2.14. The summed E-state index contributed by atoms with van der Waals surface area (Å²) in [4.78, 5) is 12.3. The van der Waals surface area contributed by atoms with Gasteiger partial charge in [-0.3, -0.25) is 4.79 Å². The summed E-state index contributed by atoms with van der Waals surface area (Å²) in [6.45, 7) is 4.10. The molecule has 0 aliphatic heterocycles. The van der Waals surface area contributed by atoms with E-state index in [9.17, 15) is 15.0 Å². The molecule has 4 nitrogen and oxygen atoms in total. The Labute approximate surface area is 273 Å². The molecule has 3 N–H and O–H groups in total. The van der Waals surface area contributed by atoms with Gasteiger partial charge in [0, 0.05) is 6.42 Å². The van der Waals surface area contributed by atoms with Crippen LogP contribution in [-0.2, 0) is 4.79 Å². The van der Waals surface area contributed by atoms with Gasteiger partial charge in [-0.2, -0.15) is 0 Å². The zero-order valence-electron chi connectivity index (χ0n) is 28.9. The summed E-state index contributed by atoms with van der Waals surface area (Å²) in [5, 5.41) is 22.8. The minimum absolute atomic E-state index is 0.0836. The molecule has 0 rings (SSSR count). The summed E-state index contributed by atoms with van der Waals surface area (Å²) in [5.74, 6) is -0.0836. The lowest BCUT2D eigenvalue weighted by atomic mass is 10.0. The summed E-state index contributed by atoms with van der Waals surface area (Å²) in [6, 6.07) is -0.644. The smallest absolute Gasteiger partial charge is 0.220 e. The van der Waals surface area contributed by atoms with Crippen molar-refractivity contribution in [1.29, 1.82) is 0 Å². The molecule has 1 amide bonds. The summed E-state index contributed by atoms with van der Waals surface area (Å²) in [7, 11) is 0. The second kappa shape index (κ2) is 35.6. The highest BCUT2D eigenvalue weighted by Gasteiger charge is 2.17. The van der Waals surface area contributed by atoms with Crippen molar-refractivity contribution in [2.75, 3.05) is 6.61 Å². The molecule has 2 unspecified atom stereocenters. The fraction of sp³-hybridized carbons (Fsp3) is 0.725. The number of rotatable bonds is 32. The molecule has 4 heteroatoms. The van der Waals surface area contributed by atoms with Crippen LogP contribution in [-0.4, -0.2) is 34.9 Å². The summed E-state index contributed by atoms with van der Waals surface area (Å²) in [6.07, 6.45) is 48.9. The third kappa shape index (κ3) is 31.5. The normalized spacial score (nSPS) is 13.8. The number of hydrogen-bond acceptors (Lipinski definition) is 3. The average molecular weight is 614 g/mol. The van der Waals surface area contributed by atoms with E-state index < -0.39 is 12.1 Å². The third-order valence-electron chi connectivity index (χ3n) is 7.94. The Morgan fingerprint density at radius 3 is 1.55 bits per heavy atom. The van der Waals surface area contributed by atoms with Crippen LogP contribution in [0.2, 0.25) is 0 Å². The van der Waals surface area contributed by atoms with E-state index in [1.54, 1.807) is 6.08 Å². The standard InChI is InChI=1S/C40H71NO3/c1-3-5-7-9-11-13-15-16-17-18-19-20-21-22-23-24-26-28-30-32-34-36-40(44)41-38(37-42)39(43)35-33-31-29-27-25-14-12-10-8-6-4-2/h5,7-8,10-11,13,25,27,33,35,38-39,42-43H,3-4,6,9,12,14-24,26,28-32,34,36-37H2,1-2H3,(H,41,44)/b7-5-,10-8+,13-11-,27-25+,35-33+. The predicted octanol–water partition coefficient (Wildman–Crippen LogP) is 11.0. The van der Waals surface area contributed by atoms with E-state index in [0.717, 1.165) is 57.8 Å². The highest BCUT2D eigenvalue weighted by atomic mass is 16.3. The van der Waals surface area contributed by atoms with Crippen molar-refractivity contribution >= 4 is 5.91 Å². The van der Waals surface area contributed by atoms with Crippen LogP contribution >= 0.6 is 0 Å². The number of aliphatic hydroxyl groups is 2. The molecule has 44 heavy (non-hydrogen) atoms. The van der Waals surface area contributed by atoms with Gasteiger partial charge in [-0.25, -0.2) is 0 Å². The first kappa shape index (κ1) is 42.1. The lowest BCUT2D eigenvalue weighted by molar-refractivity contribution is -0.123. The van der Waals surface area contributed by atoms with Crippen molar-refractivity contribution in [3.8, 4) is 0 Å². The van der Waals surface area contributed by atoms with Gasteiger partial charge in [-0.05, 0) is 64.2 Å². The van der Waals surface area contributed by atoms with E-state index in [0.29, 0.717) is 6.42 Å². The largest absolute Gasteiger partial charge is 0.394 e. The number of nitrogens with one attached hydrogen (secondary N) is 1. The molecule has 0 aliphatic carbocycles. The van der Waals surface area contributed by atoms with E-state index in [1.807, 2.05) is 6.08 Å². The first-order valence-corrected chi connectivity index (χ1v) is 18.5. The van der Waals surface area contributed by atoms with Crippen molar-refractivity contribution in [2.45, 2.75) is 180 Å². The molecular formula is C40H71NO3. The number of allylic oxidation sites excluding steroid dienone is 9. The fourth-order valence-corrected chi connectivity index (χ4v) is 5.14. The zero-order valence-corrected chi connectivity index (χ0v) is 28.9. The van der Waals surface area contributed by atoms with Crippen LogP contribution < -0.4 is 5.32 Å². The van der Waals surface area contributed by atoms with Crippen molar-refractivity contribution in [2.24, 2.45) is 0 Å². The Kier molecular flexibility index (Phi) is 34.0. The molecule has 0 bridgehead atoms. The third-order valence-corrected chi connectivity index (χ3v) is 7.94. The maximum atomic E-state index is 12.3. The molecule has 2 atom stereocenters. The SMILES string of the molecule is CC/C=C\C/C=C\CCCCCCCCCCCCCCCCC(=O)NC(CO)C(O)/C=C/CC/C=C/CC/C=C/CCC. The molecule has 0 saturated carbocycles. The molecule has 0 radical (unpaired) electrons. The topological polar surface area (TPSA) is 69.6 Å². The van der Waals surface area contributed by atoms with Crippen LogP contribution in [0.4, 0.5) is 0 Å². The van der Waals surface area contributed by atoms with Gasteiger partial charge in [-0.15, -0.1) is 0 Å². The van der Waals surface area contributed by atoms with Gasteiger partial charge in [0.1, 0.15) is 0 Å². The number of unbranched alkanes of at least 4 members (excludes halogenated alkanes) is 17. The Morgan fingerprint density at radius 1 is 0.568 bits per heavy atom. The Hall–Kier alpha value is -1.91. The predicted molar refractivity (Wildman–Crippen MR) is 193 cm³/mol. The van der Waals surface area contributed by atoms with E-state index in [-0.39, 0.29) is 12.5 Å². The fourth-order valence-electron chi connectivity index (χ4n) is 5.14. The van der Waals surface area contributed by atoms with E-state index in [4.69, 9.17) is 0 Å². The molecule has 0 aliphatic rings. The minimum atomic E-state index is -0.868. The lowest BCUT2D eigenvalue weighted by Gasteiger charge is -2.19. The molecule has 254 valence electrons. The summed E-state index contributed by atoms with van der Waals surface area (Å²) >= 11 is 0. The maximum absolute atomic E-state index is 12.3. The van der Waals surface area contributed by atoms with Gasteiger partial charge in [0.25, 0.3) is 0 Å². The molecule has 0 aromatic rings. The monoisotopic (exact) mass is 614 g/mol. The Bertz CT molecular complexity index is 752. The molecule has 0 aromatic heterocycles. The van der Waals surface area contributed by atoms with Crippen LogP contribution in [0.25, 0.3) is 0 Å². The minimum Gasteiger partial charge on any atom is -0.394 e. The van der Waals surface area contributed by atoms with Crippen LogP contribution in [0.5, 0.6) is 0 Å². The molecule has 0 saturated heterocycles. The van der Waals surface area contributed by atoms with E-state index in [1.165, 1.54) is 89.9 Å². The van der Waals surface area contributed by atoms with Crippen molar-refractivity contribution in [1.82, 2.24) is 5.32 Å². The molecule has 0 spiro atoms. The van der Waals surface area contributed by atoms with Crippen molar-refractivity contribution in [3.05, 3.63) is 60.8 Å². The van der Waals surface area contributed by atoms with Gasteiger partial charge in [-0.1, -0.05) is 158 Å². The molecule has 0 aromatic carbocycles. The van der Waals surface area contributed by atoms with Crippen molar-refractivity contribution in [3.63, 3.8) is 0 Å². The van der Waals surface area contributed by atoms with Crippen molar-refractivity contribution < 1.29 is 15.0 Å². The molecular weight excluding hydrogens is 542 g/mol. The van der Waals surface area contributed by atoms with Gasteiger partial charge < -0.3 is 15.5 Å². The first-order valence-electron chi connectivity index (χ1n) is 18.5. The highest BCUT2D eigenvalue weighted by molar-refractivity contribution is 5.76. The Morgan fingerprint density at radius 2 is 1.02 bits per heavy atom. The van der Waals surface area contributed by atoms with Gasteiger partial charge in [0.05, 0.1) is 18.8 Å². The molecule has 0 fully saturated rings. The number of hydrogen-bond donors (Lipinski definition) is 3. The van der Waals surface area contributed by atoms with Crippen LogP contribution in [0.15, 0.2) is 60.8 Å². The number of amides is 1. The number of carbonyl (C=O) groups is 1. The van der Waals surface area contributed by atoms with E-state index in [2.05, 4.69) is 67.8 Å². The van der Waals surface area contributed by atoms with Crippen LogP contribution in [0.3, 0.4) is 0 Å². The first-order chi connectivity index (χ1) is 21.7. The second-order valence-electron chi connectivity index (χ2n) is 12.2. The average Bonchev–Trinajstić information content (AvgIpc) is 3.03. The molecule has 0 heterocycles. The van der Waals surface area contributed by atoms with E-state index >= 15 is 0 Å². The number of carbonyl (C=O) groups excluding carboxylic acids is 1. The lowest BCUT2D eigenvalue weighted by Crippen LogP contribution is -2.45. The summed E-state index contributed by atoms with van der Waals surface area (Å²) in [5.41, 5.74) is 0. The summed E-state index contributed by atoms with van der Waals surface area (Å²) < 4.78 is 0. The zero-order chi connectivity index (χ0) is 32.2.